The Morgan fingerprint density at radius 2 is 1.85 bits per heavy atom. The van der Waals surface area contributed by atoms with Crippen LogP contribution >= 0.6 is 23.5 Å². The molecule has 1 aromatic heterocycles. The average molecular weight is 728 g/mol. The maximum Gasteiger partial charge on any atom is 0.490 e. The van der Waals surface area contributed by atoms with Crippen molar-refractivity contribution in [2.45, 2.75) is 51.4 Å². The first-order valence-electron chi connectivity index (χ1n) is 13.3. The van der Waals surface area contributed by atoms with Crippen LogP contribution < -0.4 is 17.0 Å². The van der Waals surface area contributed by atoms with E-state index in [1.807, 2.05) is 0 Å². The number of aliphatic hydroxyl groups excluding tert-OH is 1. The molecular formula is C23H31N4O17P3. The molecule has 0 aliphatic carbocycles. The van der Waals surface area contributed by atoms with Gasteiger partial charge in [-0.2, -0.15) is 8.62 Å². The number of ether oxygens (including phenoxy) is 2. The number of aromatic amines is 1. The van der Waals surface area contributed by atoms with E-state index in [-0.39, 0.29) is 35.7 Å². The van der Waals surface area contributed by atoms with E-state index >= 15 is 0 Å². The highest BCUT2D eigenvalue weighted by Gasteiger charge is 2.43. The number of nitrogens with zero attached hydrogens (tertiary/aromatic N) is 2. The molecule has 8 N–H and O–H groups in total. The lowest BCUT2D eigenvalue weighted by atomic mass is 9.96. The van der Waals surface area contributed by atoms with E-state index in [0.29, 0.717) is 5.56 Å². The molecule has 0 amide bonds. The summed E-state index contributed by atoms with van der Waals surface area (Å²) in [4.78, 5) is 74.7. The monoisotopic (exact) mass is 728 g/mol. The van der Waals surface area contributed by atoms with Gasteiger partial charge in [-0.3, -0.25) is 29.0 Å². The highest BCUT2D eigenvalue weighted by atomic mass is 31.3. The summed E-state index contributed by atoms with van der Waals surface area (Å²) in [5.41, 5.74) is 3.71. The molecule has 21 nitrogen and oxygen atoms in total. The van der Waals surface area contributed by atoms with Crippen LogP contribution in [-0.2, 0) is 42.9 Å². The molecule has 1 aliphatic rings. The fourth-order valence-electron chi connectivity index (χ4n) is 4.34. The van der Waals surface area contributed by atoms with Crippen molar-refractivity contribution in [2.24, 2.45) is 11.7 Å². The maximum atomic E-state index is 12.6. The second-order valence-electron chi connectivity index (χ2n) is 10.2. The van der Waals surface area contributed by atoms with E-state index in [1.165, 1.54) is 12.1 Å². The maximum absolute atomic E-state index is 12.6. The first-order chi connectivity index (χ1) is 21.7. The quantitative estimate of drug-likeness (QED) is 0.0608. The number of phosphoric ester groups is 1. The Kier molecular flexibility index (Phi) is 12.8. The number of rotatable bonds is 14. The van der Waals surface area contributed by atoms with Crippen LogP contribution in [0.5, 0.6) is 0 Å². The first-order valence-corrected chi connectivity index (χ1v) is 17.8. The Morgan fingerprint density at radius 1 is 1.17 bits per heavy atom. The van der Waals surface area contributed by atoms with E-state index < -0.39 is 77.4 Å². The van der Waals surface area contributed by atoms with Crippen LogP contribution in [0, 0.1) is 27.9 Å². The predicted molar refractivity (Wildman–Crippen MR) is 157 cm³/mol. The van der Waals surface area contributed by atoms with Gasteiger partial charge in [-0.05, 0) is 18.1 Å². The average Bonchev–Trinajstić information content (AvgIpc) is 3.29. The summed E-state index contributed by atoms with van der Waals surface area (Å²) >= 11 is 0. The minimum Gasteiger partial charge on any atom is -0.390 e. The molecule has 24 heteroatoms. The van der Waals surface area contributed by atoms with Gasteiger partial charge in [-0.15, -0.1) is 0 Å². The number of aliphatic hydroxyl groups is 1. The van der Waals surface area contributed by atoms with Crippen molar-refractivity contribution >= 4 is 29.2 Å². The van der Waals surface area contributed by atoms with Gasteiger partial charge in [0, 0.05) is 24.2 Å². The van der Waals surface area contributed by atoms with E-state index in [1.54, 1.807) is 19.9 Å². The summed E-state index contributed by atoms with van der Waals surface area (Å²) in [7, 11) is -16.9. The van der Waals surface area contributed by atoms with Gasteiger partial charge in [0.1, 0.15) is 12.3 Å². The van der Waals surface area contributed by atoms with Gasteiger partial charge in [0.25, 0.3) is 11.2 Å². The Hall–Kier alpha value is -2.89. The van der Waals surface area contributed by atoms with Crippen molar-refractivity contribution in [1.29, 1.82) is 0 Å². The molecule has 260 valence electrons. The van der Waals surface area contributed by atoms with Crippen molar-refractivity contribution in [3.8, 4) is 11.8 Å². The number of nitrogens with one attached hydrogen (secondary N) is 1. The van der Waals surface area contributed by atoms with Crippen LogP contribution in [0.25, 0.3) is 0 Å². The van der Waals surface area contributed by atoms with Crippen molar-refractivity contribution in [1.82, 2.24) is 9.55 Å². The first kappa shape index (κ1) is 38.6. The number of nitrogens with two attached hydrogens (primary N) is 1. The van der Waals surface area contributed by atoms with Crippen LogP contribution in [0.3, 0.4) is 0 Å². The Labute approximate surface area is 264 Å². The molecule has 2 heterocycles. The van der Waals surface area contributed by atoms with Crippen LogP contribution in [0.15, 0.2) is 34.0 Å². The Morgan fingerprint density at radius 3 is 2.45 bits per heavy atom. The molecule has 0 spiro atoms. The predicted octanol–water partition coefficient (Wildman–Crippen LogP) is 0.661. The number of phosphoric acid groups is 3. The molecule has 1 aromatic carbocycles. The molecule has 47 heavy (non-hydrogen) atoms. The molecule has 6 atom stereocenters. The third kappa shape index (κ3) is 11.1. The van der Waals surface area contributed by atoms with Gasteiger partial charge >= 0.3 is 29.2 Å². The Balaban J connectivity index is 1.76. The van der Waals surface area contributed by atoms with Crippen LogP contribution in [0.1, 0.15) is 49.3 Å². The summed E-state index contributed by atoms with van der Waals surface area (Å²) in [5, 5.41) is 22.2. The normalized spacial score (nSPS) is 21.4. The second kappa shape index (κ2) is 15.6. The minimum atomic E-state index is -5.78. The molecule has 3 rings (SSSR count). The molecule has 2 aromatic rings. The topological polar surface area (TPSA) is 323 Å². The third-order valence-corrected chi connectivity index (χ3v) is 10.1. The van der Waals surface area contributed by atoms with Gasteiger partial charge in [0.15, 0.2) is 0 Å². The lowest BCUT2D eigenvalue weighted by molar-refractivity contribution is -0.386. The number of hydrogen-bond donors (Lipinski definition) is 7. The van der Waals surface area contributed by atoms with Crippen molar-refractivity contribution in [3.63, 3.8) is 0 Å². The van der Waals surface area contributed by atoms with Crippen LogP contribution in [-0.4, -0.2) is 64.5 Å². The van der Waals surface area contributed by atoms with Gasteiger partial charge in [-0.25, -0.2) is 18.5 Å². The van der Waals surface area contributed by atoms with E-state index in [9.17, 15) is 48.3 Å². The van der Waals surface area contributed by atoms with Crippen molar-refractivity contribution in [3.05, 3.63) is 72.0 Å². The molecule has 1 saturated heterocycles. The summed E-state index contributed by atoms with van der Waals surface area (Å²) in [6.45, 7) is 2.10. The number of nitro groups is 1. The number of nitro benzene ring substituents is 1. The van der Waals surface area contributed by atoms with Crippen LogP contribution in [0.2, 0.25) is 0 Å². The molecule has 0 radical (unpaired) electrons. The number of H-pyrrole nitrogens is 1. The fourth-order valence-corrected chi connectivity index (χ4v) is 7.37. The lowest BCUT2D eigenvalue weighted by Gasteiger charge is -2.22. The fraction of sp³-hybridized carbons (Fsp3) is 0.478. The summed E-state index contributed by atoms with van der Waals surface area (Å²) in [5.74, 6) is 5.00. The summed E-state index contributed by atoms with van der Waals surface area (Å²) in [6.07, 6.45) is -4.35. The lowest BCUT2D eigenvalue weighted by Crippen LogP contribution is -2.34. The molecule has 1 aliphatic heterocycles. The zero-order chi connectivity index (χ0) is 35.3. The van der Waals surface area contributed by atoms with Crippen molar-refractivity contribution in [2.75, 3.05) is 13.2 Å². The number of hydrogen-bond acceptors (Lipinski definition) is 14. The van der Waals surface area contributed by atoms with Crippen molar-refractivity contribution < 1.29 is 65.9 Å². The molecule has 1 fully saturated rings. The zero-order valence-electron chi connectivity index (χ0n) is 24.5. The molecule has 3 unspecified atom stereocenters. The molecule has 0 saturated carbocycles. The molecular weight excluding hydrogens is 697 g/mol. The molecule has 0 bridgehead atoms. The Bertz CT molecular complexity index is 1790. The van der Waals surface area contributed by atoms with Gasteiger partial charge in [-0.1, -0.05) is 25.7 Å². The van der Waals surface area contributed by atoms with Gasteiger partial charge in [0.2, 0.25) is 0 Å². The SMILES string of the molecule is CC(C)[C@@H](OCc1cn([C@H]2CC(O)[C@@H](COP(=O)(O)OP(=O)(O)OP(=O)(O)O)O2)c(=O)[nH]c1=O)c1ccc(C#CCN)cc1[N+](=O)[O-]. The largest absolute Gasteiger partial charge is 0.490 e. The van der Waals surface area contributed by atoms with E-state index in [0.717, 1.165) is 10.8 Å². The minimum absolute atomic E-state index is 0.0531. The summed E-state index contributed by atoms with van der Waals surface area (Å²) in [6, 6.07) is 4.30. The number of aromatic nitrogens is 2. The zero-order valence-corrected chi connectivity index (χ0v) is 27.2. The number of benzene rings is 1. The highest BCUT2D eigenvalue weighted by molar-refractivity contribution is 7.66. The second-order valence-corrected chi connectivity index (χ2v) is 14.6. The smallest absolute Gasteiger partial charge is 0.390 e. The van der Waals surface area contributed by atoms with E-state index in [2.05, 4.69) is 30.0 Å². The van der Waals surface area contributed by atoms with Gasteiger partial charge < -0.3 is 39.9 Å². The van der Waals surface area contributed by atoms with Crippen LogP contribution in [0.4, 0.5) is 5.69 Å². The third-order valence-electron chi connectivity index (χ3n) is 6.27. The van der Waals surface area contributed by atoms with Gasteiger partial charge in [0.05, 0.1) is 48.0 Å². The highest BCUT2D eigenvalue weighted by Crippen LogP contribution is 2.66. The van der Waals surface area contributed by atoms with E-state index in [4.69, 9.17) is 25.0 Å². The standard InChI is InChI=1S/C23H31N4O17P3/c1-13(2)21(16-6-5-14(4-3-7-24)8-17(16)27(31)32)40-11-15-10-26(23(30)25-22(15)29)20-9-18(28)19(42-20)12-41-46(36,37)44-47(38,39)43-45(33,34)35/h5-6,8,10,13,18-21,28H,7,9,11-12,24H2,1-2H3,(H,36,37)(H,38,39)(H,25,29,30)(H2,33,34,35)/t18?,19-,20-,21-/m1/s1. The summed E-state index contributed by atoms with van der Waals surface area (Å²) < 4.78 is 58.3.